The van der Waals surface area contributed by atoms with E-state index in [4.69, 9.17) is 14.0 Å². The summed E-state index contributed by atoms with van der Waals surface area (Å²) < 4.78 is 18.0. The lowest BCUT2D eigenvalue weighted by molar-refractivity contribution is -0.129. The Morgan fingerprint density at radius 3 is 2.33 bits per heavy atom. The first kappa shape index (κ1) is 20.2. The number of likely N-dealkylation sites (N-methyl/N-ethyl adjacent to an activating group) is 1. The molecule has 0 N–H and O–H groups in total. The molecule has 7 heteroatoms. The summed E-state index contributed by atoms with van der Waals surface area (Å²) >= 11 is 0. The Morgan fingerprint density at radius 2 is 1.70 bits per heavy atom. The number of hydrogen-bond acceptors (Lipinski definition) is 5. The predicted molar refractivity (Wildman–Crippen MR) is 106 cm³/mol. The van der Waals surface area contributed by atoms with Crippen molar-refractivity contribution in [2.24, 2.45) is 0 Å². The smallest absolute Gasteiger partial charge is 0.492 e. The van der Waals surface area contributed by atoms with Crippen molar-refractivity contribution in [3.63, 3.8) is 0 Å². The van der Waals surface area contributed by atoms with Crippen molar-refractivity contribution in [3.05, 3.63) is 24.3 Å². The van der Waals surface area contributed by atoms with Gasteiger partial charge in [0.25, 0.3) is 0 Å². The Bertz CT molecular complexity index is 646. The lowest BCUT2D eigenvalue weighted by atomic mass is 9.79. The van der Waals surface area contributed by atoms with Gasteiger partial charge in [0, 0.05) is 26.7 Å². The highest BCUT2D eigenvalue weighted by Gasteiger charge is 2.51. The number of hydrogen-bond donors (Lipinski definition) is 0. The van der Waals surface area contributed by atoms with Gasteiger partial charge in [-0.1, -0.05) is 12.1 Å². The minimum absolute atomic E-state index is 0.180. The quantitative estimate of drug-likeness (QED) is 0.732. The highest BCUT2D eigenvalue weighted by atomic mass is 16.7. The largest absolute Gasteiger partial charge is 0.494 e. The molecule has 27 heavy (non-hydrogen) atoms. The molecule has 2 aliphatic rings. The molecule has 1 aromatic carbocycles. The van der Waals surface area contributed by atoms with E-state index in [-0.39, 0.29) is 24.2 Å². The fraction of sp³-hybridized carbons (Fsp3) is 0.650. The van der Waals surface area contributed by atoms with Gasteiger partial charge in [0.15, 0.2) is 0 Å². The van der Waals surface area contributed by atoms with Crippen molar-refractivity contribution in [1.29, 1.82) is 0 Å². The molecule has 6 nitrogen and oxygen atoms in total. The van der Waals surface area contributed by atoms with E-state index in [0.29, 0.717) is 13.2 Å². The predicted octanol–water partition coefficient (Wildman–Crippen LogP) is 1.53. The van der Waals surface area contributed by atoms with E-state index in [1.807, 2.05) is 31.3 Å². The first-order chi connectivity index (χ1) is 12.7. The summed E-state index contributed by atoms with van der Waals surface area (Å²) in [7, 11) is 1.51. The summed E-state index contributed by atoms with van der Waals surface area (Å²) in [5.74, 6) is 0.993. The van der Waals surface area contributed by atoms with Gasteiger partial charge in [-0.25, -0.2) is 0 Å². The van der Waals surface area contributed by atoms with Crippen LogP contribution >= 0.6 is 0 Å². The van der Waals surface area contributed by atoms with Crippen LogP contribution < -0.4 is 10.2 Å². The molecule has 0 atom stereocenters. The van der Waals surface area contributed by atoms with E-state index in [1.165, 1.54) is 0 Å². The third kappa shape index (κ3) is 4.65. The van der Waals surface area contributed by atoms with Gasteiger partial charge in [-0.05, 0) is 51.7 Å². The third-order valence-electron chi connectivity index (χ3n) is 5.83. The maximum Gasteiger partial charge on any atom is 0.494 e. The highest BCUT2D eigenvalue weighted by Crippen LogP contribution is 2.36. The first-order valence-corrected chi connectivity index (χ1v) is 9.73. The van der Waals surface area contributed by atoms with Crippen LogP contribution in [0.1, 0.15) is 34.1 Å². The summed E-state index contributed by atoms with van der Waals surface area (Å²) in [6.07, 6.45) is 1.00. The van der Waals surface area contributed by atoms with Gasteiger partial charge in [0.05, 0.1) is 17.7 Å². The Balaban J connectivity index is 1.49. The molecule has 0 spiro atoms. The van der Waals surface area contributed by atoms with Gasteiger partial charge in [0.1, 0.15) is 12.4 Å². The average Bonchev–Trinajstić information content (AvgIpc) is 2.71. The van der Waals surface area contributed by atoms with Gasteiger partial charge in [-0.3, -0.25) is 9.69 Å². The zero-order chi connectivity index (χ0) is 19.7. The van der Waals surface area contributed by atoms with Gasteiger partial charge < -0.3 is 18.9 Å². The van der Waals surface area contributed by atoms with Crippen LogP contribution in [-0.2, 0) is 14.1 Å². The van der Waals surface area contributed by atoms with E-state index in [2.05, 4.69) is 32.6 Å². The molecule has 0 bridgehead atoms. The summed E-state index contributed by atoms with van der Waals surface area (Å²) in [6.45, 7) is 11.8. The van der Waals surface area contributed by atoms with E-state index in [1.54, 1.807) is 4.90 Å². The zero-order valence-corrected chi connectivity index (χ0v) is 17.2. The van der Waals surface area contributed by atoms with Gasteiger partial charge in [0.2, 0.25) is 5.91 Å². The maximum atomic E-state index is 11.9. The summed E-state index contributed by atoms with van der Waals surface area (Å²) in [5.41, 5.74) is 0.305. The molecule has 2 saturated heterocycles. The summed E-state index contributed by atoms with van der Waals surface area (Å²) in [5, 5.41) is 0. The van der Waals surface area contributed by atoms with Crippen LogP contribution in [0.2, 0.25) is 0 Å². The van der Waals surface area contributed by atoms with E-state index in [0.717, 1.165) is 37.3 Å². The van der Waals surface area contributed by atoms with Crippen molar-refractivity contribution < 1.29 is 18.8 Å². The van der Waals surface area contributed by atoms with Crippen LogP contribution in [0.4, 0.5) is 0 Å². The van der Waals surface area contributed by atoms with Gasteiger partial charge >= 0.3 is 7.12 Å². The van der Waals surface area contributed by atoms with Crippen LogP contribution in [0, 0.1) is 0 Å². The fourth-order valence-corrected chi connectivity index (χ4v) is 3.23. The number of carbonyl (C=O) groups excluding carboxylic acids is 1. The van der Waals surface area contributed by atoms with Crippen molar-refractivity contribution in [2.45, 2.75) is 45.3 Å². The SMILES string of the molecule is CN1CCCN(CCOc2ccc(B3OC(C)(C)C(C)(C)O3)cc2)CC1=O. The van der Waals surface area contributed by atoms with Crippen molar-refractivity contribution in [2.75, 3.05) is 39.8 Å². The zero-order valence-electron chi connectivity index (χ0n) is 17.2. The normalized spacial score (nSPS) is 22.8. The number of nitrogens with zero attached hydrogens (tertiary/aromatic N) is 2. The van der Waals surface area contributed by atoms with Crippen LogP contribution in [0.25, 0.3) is 0 Å². The monoisotopic (exact) mass is 374 g/mol. The second kappa shape index (κ2) is 7.82. The molecule has 0 aromatic heterocycles. The Labute approximate surface area is 162 Å². The number of carbonyl (C=O) groups is 1. The summed E-state index contributed by atoms with van der Waals surface area (Å²) in [6, 6.07) is 7.87. The molecular weight excluding hydrogens is 343 g/mol. The molecule has 0 radical (unpaired) electrons. The Morgan fingerprint density at radius 1 is 1.07 bits per heavy atom. The lowest BCUT2D eigenvalue weighted by Gasteiger charge is -2.32. The van der Waals surface area contributed by atoms with Gasteiger partial charge in [-0.2, -0.15) is 0 Å². The van der Waals surface area contributed by atoms with Crippen molar-refractivity contribution >= 4 is 18.5 Å². The van der Waals surface area contributed by atoms with Crippen LogP contribution in [0.3, 0.4) is 0 Å². The Kier molecular flexibility index (Phi) is 5.84. The highest BCUT2D eigenvalue weighted by molar-refractivity contribution is 6.62. The number of benzene rings is 1. The molecule has 0 unspecified atom stereocenters. The van der Waals surface area contributed by atoms with Crippen LogP contribution in [0.5, 0.6) is 5.75 Å². The maximum absolute atomic E-state index is 11.9. The molecular formula is C20H31BN2O4. The van der Waals surface area contributed by atoms with Crippen molar-refractivity contribution in [3.8, 4) is 5.75 Å². The van der Waals surface area contributed by atoms with E-state index >= 15 is 0 Å². The molecule has 2 fully saturated rings. The lowest BCUT2D eigenvalue weighted by Crippen LogP contribution is -2.41. The molecule has 0 aliphatic carbocycles. The topological polar surface area (TPSA) is 51.2 Å². The van der Waals surface area contributed by atoms with E-state index in [9.17, 15) is 4.79 Å². The first-order valence-electron chi connectivity index (χ1n) is 9.73. The molecule has 3 rings (SSSR count). The van der Waals surface area contributed by atoms with E-state index < -0.39 is 0 Å². The number of rotatable bonds is 5. The third-order valence-corrected chi connectivity index (χ3v) is 5.83. The molecule has 148 valence electrons. The minimum atomic E-state index is -0.357. The van der Waals surface area contributed by atoms with Crippen LogP contribution in [-0.4, -0.2) is 73.9 Å². The number of ether oxygens (including phenoxy) is 1. The van der Waals surface area contributed by atoms with Crippen LogP contribution in [0.15, 0.2) is 24.3 Å². The van der Waals surface area contributed by atoms with Gasteiger partial charge in [-0.15, -0.1) is 0 Å². The average molecular weight is 374 g/mol. The second-order valence-corrected chi connectivity index (χ2v) is 8.45. The second-order valence-electron chi connectivity index (χ2n) is 8.45. The minimum Gasteiger partial charge on any atom is -0.492 e. The fourth-order valence-electron chi connectivity index (χ4n) is 3.23. The molecule has 1 amide bonds. The summed E-state index contributed by atoms with van der Waals surface area (Å²) in [4.78, 5) is 15.9. The molecule has 2 aliphatic heterocycles. The standard InChI is InChI=1S/C20H31BN2O4/c1-19(2)20(3,4)27-21(26-19)16-7-9-17(10-8-16)25-14-13-23-12-6-11-22(5)18(24)15-23/h7-10H,6,11-15H2,1-5H3. The number of amides is 1. The molecule has 0 saturated carbocycles. The molecule has 1 aromatic rings. The van der Waals surface area contributed by atoms with Crippen molar-refractivity contribution in [1.82, 2.24) is 9.80 Å². The molecule has 2 heterocycles. The Hall–Kier alpha value is -1.57.